The van der Waals surface area contributed by atoms with Crippen LogP contribution in [0.3, 0.4) is 0 Å². The van der Waals surface area contributed by atoms with Gasteiger partial charge in [0.1, 0.15) is 11.9 Å². The van der Waals surface area contributed by atoms with Crippen molar-refractivity contribution in [1.82, 2.24) is 4.90 Å². The topological polar surface area (TPSA) is 42.7 Å². The molecule has 0 radical (unpaired) electrons. The summed E-state index contributed by atoms with van der Waals surface area (Å²) in [6.07, 6.45) is 1.37. The van der Waals surface area contributed by atoms with Crippen LogP contribution in [0.25, 0.3) is 16.5 Å². The predicted molar refractivity (Wildman–Crippen MR) is 133 cm³/mol. The Hall–Kier alpha value is -3.79. The number of amides is 1. The molecule has 4 nitrogen and oxygen atoms in total. The van der Waals surface area contributed by atoms with E-state index in [1.807, 2.05) is 81.4 Å². The molecule has 33 heavy (non-hydrogen) atoms. The van der Waals surface area contributed by atoms with Gasteiger partial charge in [-0.05, 0) is 49.6 Å². The maximum absolute atomic E-state index is 12.5. The van der Waals surface area contributed by atoms with Crippen LogP contribution in [0.1, 0.15) is 43.8 Å². The molecule has 0 unspecified atom stereocenters. The summed E-state index contributed by atoms with van der Waals surface area (Å²) in [4.78, 5) is 14.3. The third-order valence-corrected chi connectivity index (χ3v) is 5.76. The average Bonchev–Trinajstić information content (AvgIpc) is 3.30. The van der Waals surface area contributed by atoms with Crippen LogP contribution in [0.2, 0.25) is 0 Å². The van der Waals surface area contributed by atoms with Crippen molar-refractivity contribution in [2.45, 2.75) is 26.9 Å². The summed E-state index contributed by atoms with van der Waals surface area (Å²) in [7, 11) is 0. The van der Waals surface area contributed by atoms with E-state index in [0.29, 0.717) is 30.2 Å². The Balaban J connectivity index is 1.70. The number of carbonyl (C=O) groups excluding carboxylic acids is 1. The van der Waals surface area contributed by atoms with E-state index < -0.39 is 0 Å². The Kier molecular flexibility index (Phi) is 6.94. The zero-order valence-corrected chi connectivity index (χ0v) is 19.3. The third-order valence-electron chi connectivity index (χ3n) is 5.76. The molecule has 0 saturated heterocycles. The predicted octanol–water partition coefficient (Wildman–Crippen LogP) is 6.87. The van der Waals surface area contributed by atoms with Crippen LogP contribution in [-0.2, 0) is 4.79 Å². The number of allylic oxidation sites excluding steroid dienone is 1. The first kappa shape index (κ1) is 22.4. The maximum Gasteiger partial charge on any atom is 0.246 e. The highest BCUT2D eigenvalue weighted by atomic mass is 16.5. The summed E-state index contributed by atoms with van der Waals surface area (Å²) in [5.74, 6) is 1.32. The van der Waals surface area contributed by atoms with Gasteiger partial charge < -0.3 is 14.1 Å². The molecular weight excluding hydrogens is 410 g/mol. The van der Waals surface area contributed by atoms with Gasteiger partial charge >= 0.3 is 0 Å². The van der Waals surface area contributed by atoms with Gasteiger partial charge in [0.15, 0.2) is 11.3 Å². The van der Waals surface area contributed by atoms with E-state index in [2.05, 4.69) is 24.3 Å². The van der Waals surface area contributed by atoms with Crippen LogP contribution in [0.5, 0.6) is 5.75 Å². The number of rotatable bonds is 8. The molecule has 0 atom stereocenters. The monoisotopic (exact) mass is 439 g/mol. The summed E-state index contributed by atoms with van der Waals surface area (Å²) in [6, 6.07) is 28.2. The number of carbonyl (C=O) groups is 1. The second-order valence-corrected chi connectivity index (χ2v) is 7.94. The van der Waals surface area contributed by atoms with Crippen molar-refractivity contribution in [3.05, 3.63) is 108 Å². The number of hydrogen-bond donors (Lipinski definition) is 0. The van der Waals surface area contributed by atoms with Crippen LogP contribution >= 0.6 is 0 Å². The van der Waals surface area contributed by atoms with Gasteiger partial charge in [0.2, 0.25) is 5.91 Å². The van der Waals surface area contributed by atoms with Gasteiger partial charge in [-0.1, -0.05) is 72.8 Å². The quantitative estimate of drug-likeness (QED) is 0.281. The zero-order chi connectivity index (χ0) is 23.2. The van der Waals surface area contributed by atoms with Crippen LogP contribution < -0.4 is 4.74 Å². The minimum absolute atomic E-state index is 0.0114. The molecule has 0 N–H and O–H groups in total. The van der Waals surface area contributed by atoms with Crippen molar-refractivity contribution in [2.75, 3.05) is 13.1 Å². The largest absolute Gasteiger partial charge is 0.477 e. The molecule has 0 saturated carbocycles. The van der Waals surface area contributed by atoms with Crippen LogP contribution in [0, 0.1) is 0 Å². The molecule has 4 rings (SSSR count). The second kappa shape index (κ2) is 10.2. The third kappa shape index (κ3) is 5.01. The Labute approximate surface area is 195 Å². The lowest BCUT2D eigenvalue weighted by Gasteiger charge is -2.20. The summed E-state index contributed by atoms with van der Waals surface area (Å²) >= 11 is 0. The molecule has 0 fully saturated rings. The first-order valence-electron chi connectivity index (χ1n) is 11.4. The number of fused-ring (bicyclic) bond motifs is 1. The maximum atomic E-state index is 12.5. The number of ether oxygens (including phenoxy) is 1. The van der Waals surface area contributed by atoms with Crippen molar-refractivity contribution in [2.24, 2.45) is 0 Å². The lowest BCUT2D eigenvalue weighted by Crippen LogP contribution is -2.28. The highest BCUT2D eigenvalue weighted by Crippen LogP contribution is 2.36. The normalized spacial score (nSPS) is 11.7. The van der Waals surface area contributed by atoms with E-state index in [9.17, 15) is 4.79 Å². The molecule has 0 spiro atoms. The van der Waals surface area contributed by atoms with E-state index in [0.717, 1.165) is 22.1 Å². The Morgan fingerprint density at radius 2 is 1.52 bits per heavy atom. The number of furan rings is 1. The van der Waals surface area contributed by atoms with Crippen LogP contribution in [0.4, 0.5) is 0 Å². The lowest BCUT2D eigenvalue weighted by atomic mass is 10.0. The highest BCUT2D eigenvalue weighted by Gasteiger charge is 2.19. The number of likely N-dealkylation sites (N-methyl/N-ethyl adjacent to an activating group) is 1. The minimum atomic E-state index is -0.271. The van der Waals surface area contributed by atoms with E-state index in [4.69, 9.17) is 9.15 Å². The molecule has 0 aliphatic carbocycles. The molecular formula is C29H29NO3. The smallest absolute Gasteiger partial charge is 0.246 e. The minimum Gasteiger partial charge on any atom is -0.477 e. The number of benzene rings is 3. The standard InChI is InChI=1S/C29H29NO3/c1-4-30(5-2)27(31)19-21(3)26-20-24-17-12-18-25(29(24)33-26)32-28(22-13-8-6-9-14-22)23-15-10-7-11-16-23/h6-20,28H,4-5H2,1-3H3. The molecule has 168 valence electrons. The molecule has 4 heteroatoms. The van der Waals surface area contributed by atoms with Crippen molar-refractivity contribution in [3.63, 3.8) is 0 Å². The van der Waals surface area contributed by atoms with Crippen molar-refractivity contribution < 1.29 is 13.9 Å². The van der Waals surface area contributed by atoms with Gasteiger partial charge in [-0.25, -0.2) is 0 Å². The van der Waals surface area contributed by atoms with Gasteiger partial charge in [0, 0.05) is 24.6 Å². The van der Waals surface area contributed by atoms with Crippen molar-refractivity contribution in [1.29, 1.82) is 0 Å². The Morgan fingerprint density at radius 1 is 0.909 bits per heavy atom. The fraction of sp³-hybridized carbons (Fsp3) is 0.207. The number of nitrogens with zero attached hydrogens (tertiary/aromatic N) is 1. The molecule has 1 aromatic heterocycles. The molecule has 4 aromatic rings. The van der Waals surface area contributed by atoms with Crippen molar-refractivity contribution >= 4 is 22.4 Å². The summed E-state index contributed by atoms with van der Waals surface area (Å²) in [5.41, 5.74) is 3.59. The molecule has 0 aliphatic rings. The van der Waals surface area contributed by atoms with Gasteiger partial charge in [-0.3, -0.25) is 4.79 Å². The lowest BCUT2D eigenvalue weighted by molar-refractivity contribution is -0.125. The first-order chi connectivity index (χ1) is 16.1. The fourth-order valence-electron chi connectivity index (χ4n) is 3.92. The summed E-state index contributed by atoms with van der Waals surface area (Å²) in [6.45, 7) is 7.21. The van der Waals surface area contributed by atoms with Crippen molar-refractivity contribution in [3.8, 4) is 5.75 Å². The Bertz CT molecular complexity index is 1200. The summed E-state index contributed by atoms with van der Waals surface area (Å²) in [5, 5.41) is 0.936. The average molecular weight is 440 g/mol. The van der Waals surface area contributed by atoms with E-state index in [1.54, 1.807) is 11.0 Å². The number of para-hydroxylation sites is 1. The van der Waals surface area contributed by atoms with Gasteiger partial charge in [0.05, 0.1) is 0 Å². The molecule has 3 aromatic carbocycles. The van der Waals surface area contributed by atoms with Gasteiger partial charge in [-0.15, -0.1) is 0 Å². The number of hydrogen-bond acceptors (Lipinski definition) is 3. The molecule has 0 bridgehead atoms. The van der Waals surface area contributed by atoms with Crippen LogP contribution in [0.15, 0.2) is 95.4 Å². The highest BCUT2D eigenvalue weighted by molar-refractivity contribution is 5.95. The summed E-state index contributed by atoms with van der Waals surface area (Å²) < 4.78 is 12.8. The molecule has 1 amide bonds. The SMILES string of the molecule is CCN(CC)C(=O)C=C(C)c1cc2cccc(OC(c3ccccc3)c3ccccc3)c2o1. The zero-order valence-electron chi connectivity index (χ0n) is 19.3. The van der Waals surface area contributed by atoms with Gasteiger partial charge in [0.25, 0.3) is 0 Å². The van der Waals surface area contributed by atoms with Crippen LogP contribution in [-0.4, -0.2) is 23.9 Å². The first-order valence-corrected chi connectivity index (χ1v) is 11.4. The van der Waals surface area contributed by atoms with E-state index in [1.165, 1.54) is 0 Å². The van der Waals surface area contributed by atoms with E-state index in [-0.39, 0.29) is 12.0 Å². The fourth-order valence-corrected chi connectivity index (χ4v) is 3.92. The molecule has 0 aliphatic heterocycles. The second-order valence-electron chi connectivity index (χ2n) is 7.94. The van der Waals surface area contributed by atoms with E-state index >= 15 is 0 Å². The Morgan fingerprint density at radius 3 is 2.09 bits per heavy atom. The molecule has 1 heterocycles. The van der Waals surface area contributed by atoms with Gasteiger partial charge in [-0.2, -0.15) is 0 Å².